The maximum atomic E-state index is 13.1. The summed E-state index contributed by atoms with van der Waals surface area (Å²) in [6.07, 6.45) is 1.71. The number of carbonyl (C=O) groups excluding carboxylic acids is 6. The lowest BCUT2D eigenvalue weighted by atomic mass is 10.1. The number of hydrogen-bond acceptors (Lipinski definition) is 10. The van der Waals surface area contributed by atoms with Crippen molar-refractivity contribution in [2.24, 2.45) is 22.6 Å². The van der Waals surface area contributed by atoms with E-state index >= 15 is 0 Å². The van der Waals surface area contributed by atoms with Gasteiger partial charge in [0.2, 0.25) is 5.91 Å². The molecule has 0 saturated carbocycles. The summed E-state index contributed by atoms with van der Waals surface area (Å²) in [4.78, 5) is 86.9. The summed E-state index contributed by atoms with van der Waals surface area (Å²) >= 11 is 0. The number of fused-ring (bicyclic) bond motifs is 6. The minimum absolute atomic E-state index is 0.207. The molecule has 19 heteroatoms. The van der Waals surface area contributed by atoms with Gasteiger partial charge in [0, 0.05) is 78.3 Å². The molecule has 56 heavy (non-hydrogen) atoms. The third-order valence-electron chi connectivity index (χ3n) is 9.55. The molecular weight excluding hydrogens is 726 g/mol. The maximum Gasteiger partial charge on any atom is 0.410 e. The maximum absolute atomic E-state index is 13.1. The average Bonchev–Trinajstić information content (AvgIpc) is 3.56. The van der Waals surface area contributed by atoms with Crippen molar-refractivity contribution in [1.82, 2.24) is 44.1 Å². The number of rotatable bonds is 3. The van der Waals surface area contributed by atoms with Crippen LogP contribution in [0, 0.1) is 11.8 Å². The zero-order valence-electron chi connectivity index (χ0n) is 34.1. The molecule has 0 radical (unpaired) electrons. The molecule has 6 rings (SSSR count). The molecule has 0 saturated heterocycles. The van der Waals surface area contributed by atoms with Gasteiger partial charge in [-0.1, -0.05) is 0 Å². The highest BCUT2D eigenvalue weighted by molar-refractivity contribution is 5.96. The van der Waals surface area contributed by atoms with E-state index in [2.05, 4.69) is 15.2 Å². The van der Waals surface area contributed by atoms with Crippen LogP contribution >= 0.6 is 0 Å². The van der Waals surface area contributed by atoms with Crippen molar-refractivity contribution in [2.45, 2.75) is 91.8 Å². The second-order valence-electron chi connectivity index (χ2n) is 16.9. The Kier molecular flexibility index (Phi) is 11.9. The van der Waals surface area contributed by atoms with E-state index in [9.17, 15) is 28.8 Å². The molecule has 0 aliphatic carbocycles. The molecule has 0 bridgehead atoms. The number of amides is 6. The van der Waals surface area contributed by atoms with E-state index in [1.807, 2.05) is 41.5 Å². The molecule has 2 N–H and O–H groups in total. The molecule has 306 valence electrons. The minimum atomic E-state index is -0.593. The fourth-order valence-electron chi connectivity index (χ4n) is 6.90. The molecule has 2 aromatic heterocycles. The predicted octanol–water partition coefficient (Wildman–Crippen LogP) is 1.36. The van der Waals surface area contributed by atoms with Gasteiger partial charge in [0.05, 0.1) is 55.7 Å². The first-order valence-electron chi connectivity index (χ1n) is 18.7. The van der Waals surface area contributed by atoms with Gasteiger partial charge in [-0.25, -0.2) is 14.6 Å². The molecule has 19 nitrogen and oxygen atoms in total. The van der Waals surface area contributed by atoms with Crippen LogP contribution in [0.5, 0.6) is 0 Å². The number of carbonyl (C=O) groups is 6. The molecule has 4 aliphatic rings. The molecule has 4 aliphatic heterocycles. The molecule has 0 fully saturated rings. The van der Waals surface area contributed by atoms with Crippen molar-refractivity contribution in [3.8, 4) is 0 Å². The first kappa shape index (κ1) is 41.7. The van der Waals surface area contributed by atoms with E-state index < -0.39 is 41.1 Å². The molecule has 2 aromatic rings. The van der Waals surface area contributed by atoms with Crippen LogP contribution in [0.15, 0.2) is 4.99 Å². The van der Waals surface area contributed by atoms with Crippen molar-refractivity contribution in [3.05, 3.63) is 33.9 Å². The SMILES string of the molecule is CN(C)C=NC(=O)C1CN(C)C(=O)c2c3c(nn2C1)CCN(C(=O)OC(C)(C)C)C3.CN1CC(C(N)=O)Cn2nc3c(c2C1=O)CN(C(=O)OC(C)(C)C)CC3. The van der Waals surface area contributed by atoms with Crippen molar-refractivity contribution < 1.29 is 38.2 Å². The Bertz CT molecular complexity index is 1920. The van der Waals surface area contributed by atoms with Gasteiger partial charge in [0.25, 0.3) is 17.7 Å². The Hall–Kier alpha value is -5.49. The van der Waals surface area contributed by atoms with Gasteiger partial charge in [0.1, 0.15) is 22.6 Å². The fourth-order valence-corrected chi connectivity index (χ4v) is 6.90. The van der Waals surface area contributed by atoms with Crippen LogP contribution < -0.4 is 5.73 Å². The van der Waals surface area contributed by atoms with Crippen molar-refractivity contribution in [3.63, 3.8) is 0 Å². The predicted molar refractivity (Wildman–Crippen MR) is 202 cm³/mol. The van der Waals surface area contributed by atoms with Crippen LogP contribution in [0.3, 0.4) is 0 Å². The monoisotopic (exact) mass is 781 g/mol. The Morgan fingerprint density at radius 2 is 1.14 bits per heavy atom. The third-order valence-corrected chi connectivity index (χ3v) is 9.55. The van der Waals surface area contributed by atoms with E-state index in [1.165, 1.54) is 16.1 Å². The molecule has 0 spiro atoms. The number of hydrogen-bond donors (Lipinski definition) is 1. The first-order chi connectivity index (χ1) is 26.0. The summed E-state index contributed by atoms with van der Waals surface area (Å²) in [6.45, 7) is 13.4. The van der Waals surface area contributed by atoms with Crippen LogP contribution in [0.4, 0.5) is 9.59 Å². The van der Waals surface area contributed by atoms with Gasteiger partial charge in [0.15, 0.2) is 0 Å². The normalized spacial score (nSPS) is 19.8. The van der Waals surface area contributed by atoms with Crippen molar-refractivity contribution in [2.75, 3.05) is 54.4 Å². The summed E-state index contributed by atoms with van der Waals surface area (Å²) in [5.41, 5.74) is 8.17. The topological polar surface area (TPSA) is 211 Å². The number of nitrogens with zero attached hydrogens (tertiary/aromatic N) is 10. The van der Waals surface area contributed by atoms with Gasteiger partial charge < -0.3 is 39.7 Å². The summed E-state index contributed by atoms with van der Waals surface area (Å²) in [7, 11) is 6.88. The first-order valence-corrected chi connectivity index (χ1v) is 18.7. The zero-order chi connectivity index (χ0) is 41.4. The second kappa shape index (κ2) is 15.9. The minimum Gasteiger partial charge on any atom is -0.444 e. The van der Waals surface area contributed by atoms with E-state index in [-0.39, 0.29) is 57.0 Å². The third kappa shape index (κ3) is 9.47. The molecule has 6 heterocycles. The average molecular weight is 782 g/mol. The number of aromatic nitrogens is 4. The molecular formula is C37H55N11O8. The Morgan fingerprint density at radius 1 is 0.732 bits per heavy atom. The van der Waals surface area contributed by atoms with Gasteiger partial charge >= 0.3 is 12.2 Å². The summed E-state index contributed by atoms with van der Waals surface area (Å²) in [5, 5.41) is 9.13. The number of ether oxygens (including phenoxy) is 2. The van der Waals surface area contributed by atoms with Crippen LogP contribution in [0.2, 0.25) is 0 Å². The summed E-state index contributed by atoms with van der Waals surface area (Å²) in [5.74, 6) is -2.15. The van der Waals surface area contributed by atoms with E-state index in [4.69, 9.17) is 15.2 Å². The van der Waals surface area contributed by atoms with Gasteiger partial charge in [-0.2, -0.15) is 10.2 Å². The number of primary amides is 1. The highest BCUT2D eigenvalue weighted by atomic mass is 16.6. The molecule has 0 aromatic carbocycles. The second-order valence-corrected chi connectivity index (χ2v) is 16.9. The van der Waals surface area contributed by atoms with Crippen molar-refractivity contribution in [1.29, 1.82) is 0 Å². The van der Waals surface area contributed by atoms with Crippen LogP contribution in [-0.4, -0.2) is 152 Å². The molecule has 2 atom stereocenters. The van der Waals surface area contributed by atoms with Gasteiger partial charge in [-0.05, 0) is 41.5 Å². The number of aliphatic imine (C=N–C) groups is 1. The largest absolute Gasteiger partial charge is 0.444 e. The van der Waals surface area contributed by atoms with Crippen LogP contribution in [-0.2, 0) is 58.1 Å². The highest BCUT2D eigenvalue weighted by Crippen LogP contribution is 2.29. The number of nitrogens with two attached hydrogens (primary N) is 1. The molecule has 2 unspecified atom stereocenters. The smallest absolute Gasteiger partial charge is 0.410 e. The summed E-state index contributed by atoms with van der Waals surface area (Å²) in [6, 6.07) is 0. The van der Waals surface area contributed by atoms with Crippen LogP contribution in [0.25, 0.3) is 0 Å². The Labute approximate surface area is 326 Å². The Morgan fingerprint density at radius 3 is 1.54 bits per heavy atom. The Balaban J connectivity index is 0.000000216. The quantitative estimate of drug-likeness (QED) is 0.347. The van der Waals surface area contributed by atoms with Gasteiger partial charge in [-0.15, -0.1) is 0 Å². The lowest BCUT2D eigenvalue weighted by Gasteiger charge is -2.30. The molecule has 6 amide bonds. The van der Waals surface area contributed by atoms with E-state index in [0.717, 1.165) is 22.5 Å². The van der Waals surface area contributed by atoms with E-state index in [0.29, 0.717) is 37.3 Å². The van der Waals surface area contributed by atoms with E-state index in [1.54, 1.807) is 52.3 Å². The lowest BCUT2D eigenvalue weighted by molar-refractivity contribution is -0.123. The zero-order valence-corrected chi connectivity index (χ0v) is 34.1. The fraction of sp³-hybridized carbons (Fsp3) is 0.649. The van der Waals surface area contributed by atoms with Crippen LogP contribution in [0.1, 0.15) is 85.0 Å². The summed E-state index contributed by atoms with van der Waals surface area (Å²) < 4.78 is 14.1. The van der Waals surface area contributed by atoms with Crippen molar-refractivity contribution >= 4 is 42.2 Å². The standard InChI is InChI=1S/C20H30N6O4.C17H25N5O4/c1-20(2,3)30-19(29)25-8-7-15-14(11-25)16-18(28)24(6)9-13(10-26(16)22-15)17(27)21-12-23(4)5;1-17(2,3)26-16(25)21-6-5-12-11(9-21)13-15(24)20(4)7-10(14(18)23)8-22(13)19-12/h12-13H,7-11H2,1-6H3;10H,5-9H2,1-4H3,(H2,18,23). The lowest BCUT2D eigenvalue weighted by Crippen LogP contribution is -2.40. The van der Waals surface area contributed by atoms with Gasteiger partial charge in [-0.3, -0.25) is 28.5 Å². The highest BCUT2D eigenvalue weighted by Gasteiger charge is 2.39.